The molecule has 0 aliphatic rings. The highest BCUT2D eigenvalue weighted by Crippen LogP contribution is 2.25. The summed E-state index contributed by atoms with van der Waals surface area (Å²) < 4.78 is 1.82. The van der Waals surface area contributed by atoms with E-state index in [9.17, 15) is 0 Å². The first-order valence-electron chi connectivity index (χ1n) is 7.51. The quantitative estimate of drug-likeness (QED) is 0.783. The molecule has 0 unspecified atom stereocenters. The lowest BCUT2D eigenvalue weighted by Gasteiger charge is -2.11. The third-order valence-corrected chi connectivity index (χ3v) is 3.76. The summed E-state index contributed by atoms with van der Waals surface area (Å²) in [4.78, 5) is 8.82. The third-order valence-electron chi connectivity index (χ3n) is 3.76. The van der Waals surface area contributed by atoms with Gasteiger partial charge < -0.3 is 5.32 Å². The van der Waals surface area contributed by atoms with Gasteiger partial charge in [-0.2, -0.15) is 5.10 Å². The number of aromatic nitrogens is 4. The fourth-order valence-electron chi connectivity index (χ4n) is 2.51. The van der Waals surface area contributed by atoms with Crippen molar-refractivity contribution in [3.63, 3.8) is 0 Å². The number of hydrogen-bond donors (Lipinski definition) is 1. The summed E-state index contributed by atoms with van der Waals surface area (Å²) in [7, 11) is 0. The van der Waals surface area contributed by atoms with Crippen LogP contribution in [-0.2, 0) is 0 Å². The number of nitrogens with zero attached hydrogens (tertiary/aromatic N) is 4. The van der Waals surface area contributed by atoms with Crippen LogP contribution in [0.1, 0.15) is 29.3 Å². The van der Waals surface area contributed by atoms with Crippen molar-refractivity contribution in [3.8, 4) is 0 Å². The second-order valence-corrected chi connectivity index (χ2v) is 5.25. The Balaban J connectivity index is 2.01. The molecule has 0 spiro atoms. The van der Waals surface area contributed by atoms with E-state index in [0.29, 0.717) is 5.95 Å². The number of anilines is 1. The Morgan fingerprint density at radius 3 is 2.91 bits per heavy atom. The monoisotopic (exact) mass is 305 g/mol. The predicted octanol–water partition coefficient (Wildman–Crippen LogP) is 3.57. The summed E-state index contributed by atoms with van der Waals surface area (Å²) in [6, 6.07) is 4.05. The van der Waals surface area contributed by atoms with E-state index in [2.05, 4.69) is 39.6 Å². The van der Waals surface area contributed by atoms with E-state index in [-0.39, 0.29) is 0 Å². The van der Waals surface area contributed by atoms with E-state index in [1.54, 1.807) is 12.3 Å². The zero-order valence-electron chi connectivity index (χ0n) is 13.4. The molecule has 0 saturated carbocycles. The molecular weight excluding hydrogens is 286 g/mol. The number of hydrogen-bond acceptors (Lipinski definition) is 4. The Hall–Kier alpha value is -2.95. The zero-order valence-corrected chi connectivity index (χ0v) is 13.4. The number of pyridine rings is 1. The van der Waals surface area contributed by atoms with Crippen molar-refractivity contribution in [1.82, 2.24) is 19.6 Å². The van der Waals surface area contributed by atoms with Gasteiger partial charge in [0.15, 0.2) is 0 Å². The van der Waals surface area contributed by atoms with Crippen LogP contribution in [0.2, 0.25) is 0 Å². The molecule has 0 aromatic carbocycles. The summed E-state index contributed by atoms with van der Waals surface area (Å²) >= 11 is 0. The third kappa shape index (κ3) is 2.73. The first-order chi connectivity index (χ1) is 11.1. The molecular formula is C18H19N5. The molecule has 0 fully saturated rings. The van der Waals surface area contributed by atoms with Gasteiger partial charge in [0.2, 0.25) is 5.95 Å². The van der Waals surface area contributed by atoms with Crippen LogP contribution >= 0.6 is 0 Å². The van der Waals surface area contributed by atoms with E-state index in [1.807, 2.05) is 36.8 Å². The molecule has 0 atom stereocenters. The summed E-state index contributed by atoms with van der Waals surface area (Å²) in [6.07, 6.45) is 7.34. The average Bonchev–Trinajstić information content (AvgIpc) is 2.97. The first-order valence-corrected chi connectivity index (χ1v) is 7.51. The minimum absolute atomic E-state index is 0.640. The smallest absolute Gasteiger partial charge is 0.222 e. The molecule has 3 rings (SSSR count). The maximum absolute atomic E-state index is 4.48. The van der Waals surface area contributed by atoms with Gasteiger partial charge in [0.05, 0.1) is 17.4 Å². The molecule has 0 bridgehead atoms. The van der Waals surface area contributed by atoms with Crippen molar-refractivity contribution in [3.05, 3.63) is 66.3 Å². The van der Waals surface area contributed by atoms with Crippen LogP contribution in [0.15, 0.2) is 43.9 Å². The lowest BCUT2D eigenvalue weighted by molar-refractivity contribution is 0.960. The molecule has 116 valence electrons. The predicted molar refractivity (Wildman–Crippen MR) is 94.4 cm³/mol. The van der Waals surface area contributed by atoms with Gasteiger partial charge in [0, 0.05) is 30.1 Å². The minimum Gasteiger partial charge on any atom is -0.354 e. The second kappa shape index (κ2) is 6.04. The molecule has 1 N–H and O–H groups in total. The fraction of sp³-hybridized carbons (Fsp3) is 0.167. The molecule has 5 heteroatoms. The van der Waals surface area contributed by atoms with Crippen molar-refractivity contribution >= 4 is 23.1 Å². The van der Waals surface area contributed by atoms with Gasteiger partial charge in [-0.3, -0.25) is 0 Å². The highest BCUT2D eigenvalue weighted by atomic mass is 15.2. The van der Waals surface area contributed by atoms with E-state index < -0.39 is 0 Å². The lowest BCUT2D eigenvalue weighted by Crippen LogP contribution is -2.05. The van der Waals surface area contributed by atoms with Crippen LogP contribution in [0.3, 0.4) is 0 Å². The van der Waals surface area contributed by atoms with Crippen molar-refractivity contribution in [2.45, 2.75) is 13.8 Å². The summed E-state index contributed by atoms with van der Waals surface area (Å²) in [6.45, 7) is 12.8. The van der Waals surface area contributed by atoms with Crippen molar-refractivity contribution in [2.75, 3.05) is 11.9 Å². The van der Waals surface area contributed by atoms with Gasteiger partial charge in [-0.15, -0.1) is 0 Å². The van der Waals surface area contributed by atoms with E-state index in [0.717, 1.165) is 40.0 Å². The molecule has 0 aliphatic carbocycles. The van der Waals surface area contributed by atoms with Crippen LogP contribution in [-0.4, -0.2) is 26.1 Å². The molecule has 3 aromatic heterocycles. The molecule has 0 saturated heterocycles. The minimum atomic E-state index is 0.640. The summed E-state index contributed by atoms with van der Waals surface area (Å²) in [5.74, 6) is 0.640. The molecule has 5 nitrogen and oxygen atoms in total. The molecule has 0 aliphatic heterocycles. The van der Waals surface area contributed by atoms with Gasteiger partial charge in [0.25, 0.3) is 0 Å². The highest BCUT2D eigenvalue weighted by Gasteiger charge is 2.10. The number of rotatable bonds is 5. The number of nitrogens with one attached hydrogen (secondary N) is 1. The Kier molecular flexibility index (Phi) is 3.93. The lowest BCUT2D eigenvalue weighted by atomic mass is 10.00. The van der Waals surface area contributed by atoms with E-state index >= 15 is 0 Å². The molecule has 23 heavy (non-hydrogen) atoms. The van der Waals surface area contributed by atoms with Gasteiger partial charge in [-0.1, -0.05) is 19.2 Å². The number of aryl methyl sites for hydroxylation is 1. The standard InChI is InChI=1S/C18H19N5/c1-5-14-10-21-23-8-7-15(9-17(14)23)12(3)16-11-20-18(19-6-2)22-13(16)4/h5,7-11H,1,3,6H2,2,4H3,(H,19,20,22). The topological polar surface area (TPSA) is 55.1 Å². The molecule has 3 aromatic rings. The van der Waals surface area contributed by atoms with Crippen LogP contribution in [0.4, 0.5) is 5.95 Å². The van der Waals surface area contributed by atoms with Gasteiger partial charge in [0.1, 0.15) is 0 Å². The second-order valence-electron chi connectivity index (χ2n) is 5.25. The maximum Gasteiger partial charge on any atom is 0.222 e. The molecule has 3 heterocycles. The van der Waals surface area contributed by atoms with E-state index in [1.165, 1.54) is 0 Å². The first kappa shape index (κ1) is 15.0. The van der Waals surface area contributed by atoms with Gasteiger partial charge >= 0.3 is 0 Å². The van der Waals surface area contributed by atoms with Crippen LogP contribution in [0.25, 0.3) is 17.2 Å². The number of fused-ring (bicyclic) bond motifs is 1. The summed E-state index contributed by atoms with van der Waals surface area (Å²) in [5.41, 5.74) is 5.75. The zero-order chi connectivity index (χ0) is 16.4. The van der Waals surface area contributed by atoms with Gasteiger partial charge in [-0.05, 0) is 37.1 Å². The summed E-state index contributed by atoms with van der Waals surface area (Å²) in [5, 5.41) is 7.41. The van der Waals surface area contributed by atoms with Crippen molar-refractivity contribution in [2.24, 2.45) is 0 Å². The Morgan fingerprint density at radius 1 is 1.39 bits per heavy atom. The highest BCUT2D eigenvalue weighted by molar-refractivity contribution is 5.82. The normalized spacial score (nSPS) is 10.7. The largest absolute Gasteiger partial charge is 0.354 e. The molecule has 0 radical (unpaired) electrons. The van der Waals surface area contributed by atoms with Crippen LogP contribution in [0, 0.1) is 6.92 Å². The Bertz CT molecular complexity index is 892. The van der Waals surface area contributed by atoms with Crippen molar-refractivity contribution in [1.29, 1.82) is 0 Å². The van der Waals surface area contributed by atoms with Crippen LogP contribution in [0.5, 0.6) is 0 Å². The molecule has 0 amide bonds. The Morgan fingerprint density at radius 2 is 2.22 bits per heavy atom. The fourth-order valence-corrected chi connectivity index (χ4v) is 2.51. The SMILES string of the molecule is C=Cc1cnn2ccc(C(=C)c3cnc(NCC)nc3C)cc12. The average molecular weight is 305 g/mol. The van der Waals surface area contributed by atoms with Crippen LogP contribution < -0.4 is 5.32 Å². The van der Waals surface area contributed by atoms with E-state index in [4.69, 9.17) is 0 Å². The van der Waals surface area contributed by atoms with Crippen molar-refractivity contribution < 1.29 is 0 Å². The Labute approximate surface area is 135 Å². The maximum atomic E-state index is 4.48. The van der Waals surface area contributed by atoms with Gasteiger partial charge in [-0.25, -0.2) is 14.5 Å².